The zero-order valence-electron chi connectivity index (χ0n) is 11.1. The summed E-state index contributed by atoms with van der Waals surface area (Å²) in [5.41, 5.74) is 0.787. The number of carbonyl (C=O) groups excluding carboxylic acids is 1. The molecule has 0 aliphatic rings. The second-order valence-corrected chi connectivity index (χ2v) is 6.86. The van der Waals surface area contributed by atoms with Gasteiger partial charge in [-0.25, -0.2) is 13.6 Å². The normalized spacial score (nSPS) is 11.4. The first kappa shape index (κ1) is 15.7. The summed E-state index contributed by atoms with van der Waals surface area (Å²) in [6.07, 6.45) is 1.34. The van der Waals surface area contributed by atoms with E-state index >= 15 is 0 Å². The van der Waals surface area contributed by atoms with Gasteiger partial charge in [0, 0.05) is 17.7 Å². The van der Waals surface area contributed by atoms with Gasteiger partial charge in [0.05, 0.1) is 6.42 Å². The molecule has 2 aromatic rings. The van der Waals surface area contributed by atoms with Crippen molar-refractivity contribution in [3.8, 4) is 0 Å². The van der Waals surface area contributed by atoms with Crippen LogP contribution in [-0.4, -0.2) is 24.1 Å². The number of amides is 1. The van der Waals surface area contributed by atoms with E-state index in [2.05, 4.69) is 26.3 Å². The number of nitrogens with one attached hydrogen (secondary N) is 1. The second kappa shape index (κ2) is 5.96. The van der Waals surface area contributed by atoms with Gasteiger partial charge < -0.3 is 5.32 Å². The summed E-state index contributed by atoms with van der Waals surface area (Å²) < 4.78 is 25.0. The number of hydrogen-bond donors (Lipinski definition) is 2. The van der Waals surface area contributed by atoms with Crippen molar-refractivity contribution in [1.29, 1.82) is 0 Å². The van der Waals surface area contributed by atoms with Gasteiger partial charge in [0.15, 0.2) is 5.82 Å². The fraction of sp³-hybridized carbons (Fsp3) is 0.167. The number of carbonyl (C=O) groups is 1. The van der Waals surface area contributed by atoms with Crippen LogP contribution in [0.25, 0.3) is 0 Å². The number of halogens is 1. The lowest BCUT2D eigenvalue weighted by atomic mass is 10.1. The molecule has 3 N–H and O–H groups in total. The highest BCUT2D eigenvalue weighted by atomic mass is 79.9. The number of aromatic nitrogens is 2. The molecule has 0 fully saturated rings. The van der Waals surface area contributed by atoms with Crippen molar-refractivity contribution in [3.63, 3.8) is 0 Å². The summed E-state index contributed by atoms with van der Waals surface area (Å²) in [6, 6.07) is 7.25. The Balaban J connectivity index is 2.17. The van der Waals surface area contributed by atoms with Gasteiger partial charge in [0.1, 0.15) is 4.90 Å². The minimum Gasteiger partial charge on any atom is -0.308 e. The van der Waals surface area contributed by atoms with Crippen LogP contribution in [0.15, 0.2) is 39.8 Å². The Bertz CT molecular complexity index is 786. The molecule has 7 nitrogen and oxygen atoms in total. The molecule has 0 aliphatic heterocycles. The molecule has 0 bridgehead atoms. The Labute approximate surface area is 130 Å². The molecular weight excluding hydrogens is 360 g/mol. The maximum atomic E-state index is 12.0. The molecule has 0 radical (unpaired) electrons. The first-order chi connectivity index (χ1) is 9.75. The van der Waals surface area contributed by atoms with Gasteiger partial charge in [-0.2, -0.15) is 5.10 Å². The third-order valence-electron chi connectivity index (χ3n) is 2.61. The van der Waals surface area contributed by atoms with Crippen molar-refractivity contribution in [2.24, 2.45) is 12.2 Å². The Morgan fingerprint density at radius 2 is 2.19 bits per heavy atom. The average molecular weight is 373 g/mol. The molecule has 1 amide bonds. The van der Waals surface area contributed by atoms with Gasteiger partial charge in [-0.1, -0.05) is 28.1 Å². The van der Waals surface area contributed by atoms with Crippen LogP contribution in [0.3, 0.4) is 0 Å². The predicted molar refractivity (Wildman–Crippen MR) is 81.1 cm³/mol. The van der Waals surface area contributed by atoms with E-state index in [9.17, 15) is 13.2 Å². The first-order valence-electron chi connectivity index (χ1n) is 5.86. The second-order valence-electron chi connectivity index (χ2n) is 4.42. The molecule has 0 saturated heterocycles. The monoisotopic (exact) mass is 372 g/mol. The molecular formula is C12H13BrN4O3S. The zero-order chi connectivity index (χ0) is 15.6. The Morgan fingerprint density at radius 3 is 2.81 bits per heavy atom. The number of hydrogen-bond acceptors (Lipinski definition) is 4. The number of anilines is 1. The number of benzene rings is 1. The maximum absolute atomic E-state index is 12.0. The van der Waals surface area contributed by atoms with Crippen molar-refractivity contribution in [3.05, 3.63) is 40.5 Å². The van der Waals surface area contributed by atoms with Gasteiger partial charge in [-0.15, -0.1) is 0 Å². The fourth-order valence-corrected chi connectivity index (χ4v) is 2.88. The smallest absolute Gasteiger partial charge is 0.243 e. The van der Waals surface area contributed by atoms with Crippen molar-refractivity contribution >= 4 is 37.7 Å². The summed E-state index contributed by atoms with van der Waals surface area (Å²) >= 11 is 3.32. The molecule has 21 heavy (non-hydrogen) atoms. The lowest BCUT2D eigenvalue weighted by Crippen LogP contribution is -2.19. The zero-order valence-corrected chi connectivity index (χ0v) is 13.5. The molecule has 9 heteroatoms. The van der Waals surface area contributed by atoms with Gasteiger partial charge in [0.2, 0.25) is 15.9 Å². The number of rotatable bonds is 4. The number of nitrogens with two attached hydrogens (primary N) is 1. The molecule has 1 aromatic carbocycles. The summed E-state index contributed by atoms with van der Waals surface area (Å²) in [6.45, 7) is 0. The van der Waals surface area contributed by atoms with E-state index in [0.29, 0.717) is 0 Å². The van der Waals surface area contributed by atoms with Crippen LogP contribution in [0, 0.1) is 0 Å². The van der Waals surface area contributed by atoms with Gasteiger partial charge in [-0.05, 0) is 17.7 Å². The van der Waals surface area contributed by atoms with Gasteiger partial charge >= 0.3 is 0 Å². The first-order valence-corrected chi connectivity index (χ1v) is 8.20. The molecule has 112 valence electrons. The Kier molecular flexibility index (Phi) is 4.45. The molecule has 0 aliphatic carbocycles. The topological polar surface area (TPSA) is 107 Å². The quantitative estimate of drug-likeness (QED) is 0.834. The SMILES string of the molecule is Cn1cc(S(N)(=O)=O)c(NC(=O)Cc2cccc(Br)c2)n1. The maximum Gasteiger partial charge on any atom is 0.243 e. The highest BCUT2D eigenvalue weighted by molar-refractivity contribution is 9.10. The number of aryl methyl sites for hydroxylation is 1. The average Bonchev–Trinajstić information content (AvgIpc) is 2.69. The van der Waals surface area contributed by atoms with Crippen LogP contribution in [0.5, 0.6) is 0 Å². The van der Waals surface area contributed by atoms with Crippen LogP contribution in [0.1, 0.15) is 5.56 Å². The summed E-state index contributed by atoms with van der Waals surface area (Å²) in [4.78, 5) is 11.8. The van der Waals surface area contributed by atoms with Crippen molar-refractivity contribution in [2.45, 2.75) is 11.3 Å². The Hall–Kier alpha value is -1.71. The molecule has 0 spiro atoms. The third-order valence-corrected chi connectivity index (χ3v) is 4.02. The van der Waals surface area contributed by atoms with E-state index in [4.69, 9.17) is 5.14 Å². The van der Waals surface area contributed by atoms with E-state index in [-0.39, 0.29) is 23.0 Å². The number of sulfonamides is 1. The molecule has 0 atom stereocenters. The molecule has 1 heterocycles. The Morgan fingerprint density at radius 1 is 1.48 bits per heavy atom. The summed E-state index contributed by atoms with van der Waals surface area (Å²) in [7, 11) is -2.40. The standard InChI is InChI=1S/C12H13BrN4O3S/c1-17-7-10(21(14,19)20)12(16-17)15-11(18)6-8-3-2-4-9(13)5-8/h2-5,7H,6H2,1H3,(H2,14,19,20)(H,15,16,18). The van der Waals surface area contributed by atoms with E-state index in [1.807, 2.05) is 12.1 Å². The van der Waals surface area contributed by atoms with Crippen molar-refractivity contribution in [1.82, 2.24) is 9.78 Å². The van der Waals surface area contributed by atoms with E-state index < -0.39 is 10.0 Å². The van der Waals surface area contributed by atoms with Crippen LogP contribution < -0.4 is 10.5 Å². The third kappa shape index (κ3) is 4.13. The fourth-order valence-electron chi connectivity index (χ4n) is 1.77. The lowest BCUT2D eigenvalue weighted by Gasteiger charge is -2.04. The number of nitrogens with zero attached hydrogens (tertiary/aromatic N) is 2. The largest absolute Gasteiger partial charge is 0.308 e. The molecule has 2 rings (SSSR count). The highest BCUT2D eigenvalue weighted by Crippen LogP contribution is 2.18. The van der Waals surface area contributed by atoms with Crippen molar-refractivity contribution in [2.75, 3.05) is 5.32 Å². The van der Waals surface area contributed by atoms with E-state index in [1.54, 1.807) is 19.2 Å². The summed E-state index contributed by atoms with van der Waals surface area (Å²) in [5, 5.41) is 11.4. The van der Waals surface area contributed by atoms with Crippen LogP contribution in [0.2, 0.25) is 0 Å². The van der Waals surface area contributed by atoms with Gasteiger partial charge in [-0.3, -0.25) is 9.48 Å². The molecule has 0 saturated carbocycles. The minimum absolute atomic E-state index is 0.0694. The predicted octanol–water partition coefficient (Wildman–Crippen LogP) is 1.01. The molecule has 1 aromatic heterocycles. The highest BCUT2D eigenvalue weighted by Gasteiger charge is 2.19. The number of primary sulfonamides is 1. The van der Waals surface area contributed by atoms with Gasteiger partial charge in [0.25, 0.3) is 0 Å². The summed E-state index contributed by atoms with van der Waals surface area (Å²) in [5.74, 6) is -0.448. The van der Waals surface area contributed by atoms with Crippen molar-refractivity contribution < 1.29 is 13.2 Å². The van der Waals surface area contributed by atoms with Crippen LogP contribution >= 0.6 is 15.9 Å². The minimum atomic E-state index is -3.94. The van der Waals surface area contributed by atoms with Crippen LogP contribution in [0.4, 0.5) is 5.82 Å². The van der Waals surface area contributed by atoms with Crippen LogP contribution in [-0.2, 0) is 28.3 Å². The lowest BCUT2D eigenvalue weighted by molar-refractivity contribution is -0.115. The van der Waals surface area contributed by atoms with E-state index in [1.165, 1.54) is 10.9 Å². The van der Waals surface area contributed by atoms with E-state index in [0.717, 1.165) is 10.0 Å². The molecule has 0 unspecified atom stereocenters.